The minimum absolute atomic E-state index is 0.105. The number of amides is 1. The lowest BCUT2D eigenvalue weighted by molar-refractivity contribution is -0.113. The predicted molar refractivity (Wildman–Crippen MR) is 131 cm³/mol. The van der Waals surface area contributed by atoms with Crippen LogP contribution in [0.15, 0.2) is 40.0 Å². The highest BCUT2D eigenvalue weighted by Crippen LogP contribution is 2.29. The molecule has 0 unspecified atom stereocenters. The maximum atomic E-state index is 12.5. The van der Waals surface area contributed by atoms with E-state index in [9.17, 15) is 4.79 Å². The lowest BCUT2D eigenvalue weighted by Gasteiger charge is -2.12. The van der Waals surface area contributed by atoms with Crippen LogP contribution >= 0.6 is 27.7 Å². The molecule has 0 saturated heterocycles. The number of nitrogens with one attached hydrogen (secondary N) is 1. The van der Waals surface area contributed by atoms with Crippen LogP contribution in [0.25, 0.3) is 0 Å². The number of carbonyl (C=O) groups is 1. The van der Waals surface area contributed by atoms with E-state index in [-0.39, 0.29) is 18.3 Å². The molecule has 0 bridgehead atoms. The molecule has 0 spiro atoms. The van der Waals surface area contributed by atoms with Crippen molar-refractivity contribution in [3.63, 3.8) is 0 Å². The molecule has 2 aromatic carbocycles. The summed E-state index contributed by atoms with van der Waals surface area (Å²) in [5.74, 6) is 2.14. The van der Waals surface area contributed by atoms with Crippen molar-refractivity contribution in [1.82, 2.24) is 14.8 Å². The van der Waals surface area contributed by atoms with Crippen LogP contribution in [-0.4, -0.2) is 33.5 Å². The van der Waals surface area contributed by atoms with Gasteiger partial charge in [0, 0.05) is 11.0 Å². The molecule has 7 nitrogen and oxygen atoms in total. The van der Waals surface area contributed by atoms with Crippen molar-refractivity contribution in [3.05, 3.63) is 57.3 Å². The highest BCUT2D eigenvalue weighted by molar-refractivity contribution is 9.10. The molecule has 1 aromatic heterocycles. The van der Waals surface area contributed by atoms with Gasteiger partial charge in [-0.05, 0) is 84.6 Å². The van der Waals surface area contributed by atoms with Gasteiger partial charge in [-0.2, -0.15) is 0 Å². The molecule has 3 aromatic rings. The minimum Gasteiger partial charge on any atom is -0.493 e. The fourth-order valence-corrected chi connectivity index (χ4v) is 4.46. The maximum absolute atomic E-state index is 12.5. The Labute approximate surface area is 201 Å². The van der Waals surface area contributed by atoms with Crippen molar-refractivity contribution in [2.45, 2.75) is 46.0 Å². The average Bonchev–Trinajstić information content (AvgIpc) is 3.16. The summed E-state index contributed by atoms with van der Waals surface area (Å²) in [5, 5.41) is 12.1. The van der Waals surface area contributed by atoms with E-state index < -0.39 is 0 Å². The zero-order valence-corrected chi connectivity index (χ0v) is 21.3. The molecular formula is C23H27BrN4O3S. The Morgan fingerprint density at radius 2 is 1.88 bits per heavy atom. The quantitative estimate of drug-likeness (QED) is 0.387. The molecule has 0 aliphatic carbocycles. The Bertz CT molecular complexity index is 1120. The van der Waals surface area contributed by atoms with Crippen molar-refractivity contribution in [2.75, 3.05) is 18.2 Å². The SMILES string of the molecule is CCn1c(COc2ccc(C)cc2OC)nnc1SCC(=O)Nc1cc(C)c(C)cc1Br. The molecule has 0 fully saturated rings. The van der Waals surface area contributed by atoms with Crippen LogP contribution in [0.4, 0.5) is 5.69 Å². The van der Waals surface area contributed by atoms with Crippen molar-refractivity contribution < 1.29 is 14.3 Å². The largest absolute Gasteiger partial charge is 0.493 e. The molecule has 0 aliphatic heterocycles. The maximum Gasteiger partial charge on any atom is 0.234 e. The van der Waals surface area contributed by atoms with Crippen molar-refractivity contribution in [2.24, 2.45) is 0 Å². The molecule has 1 heterocycles. The summed E-state index contributed by atoms with van der Waals surface area (Å²) in [5.41, 5.74) is 4.14. The highest BCUT2D eigenvalue weighted by Gasteiger charge is 2.15. The summed E-state index contributed by atoms with van der Waals surface area (Å²) in [6, 6.07) is 9.74. The lowest BCUT2D eigenvalue weighted by Crippen LogP contribution is -2.15. The van der Waals surface area contributed by atoms with E-state index in [1.165, 1.54) is 17.3 Å². The monoisotopic (exact) mass is 518 g/mol. The lowest BCUT2D eigenvalue weighted by atomic mass is 10.1. The third-order valence-corrected chi connectivity index (χ3v) is 6.60. The zero-order valence-electron chi connectivity index (χ0n) is 18.9. The van der Waals surface area contributed by atoms with Crippen molar-refractivity contribution in [3.8, 4) is 11.5 Å². The van der Waals surface area contributed by atoms with Gasteiger partial charge in [0.05, 0.1) is 18.6 Å². The van der Waals surface area contributed by atoms with Crippen LogP contribution in [0.3, 0.4) is 0 Å². The van der Waals surface area contributed by atoms with E-state index in [0.29, 0.717) is 29.0 Å². The van der Waals surface area contributed by atoms with E-state index >= 15 is 0 Å². The Morgan fingerprint density at radius 1 is 1.12 bits per heavy atom. The predicted octanol–water partition coefficient (Wildman–Crippen LogP) is 5.30. The molecule has 1 N–H and O–H groups in total. The van der Waals surface area contributed by atoms with Crippen LogP contribution < -0.4 is 14.8 Å². The van der Waals surface area contributed by atoms with E-state index in [1.807, 2.05) is 62.6 Å². The third kappa shape index (κ3) is 5.83. The van der Waals surface area contributed by atoms with Gasteiger partial charge in [-0.15, -0.1) is 10.2 Å². The van der Waals surface area contributed by atoms with Crippen LogP contribution in [0.5, 0.6) is 11.5 Å². The van der Waals surface area contributed by atoms with E-state index in [2.05, 4.69) is 31.4 Å². The Kier molecular flexibility index (Phi) is 8.20. The number of aromatic nitrogens is 3. The summed E-state index contributed by atoms with van der Waals surface area (Å²) in [4.78, 5) is 12.5. The molecule has 0 atom stereocenters. The average molecular weight is 519 g/mol. The van der Waals surface area contributed by atoms with Crippen molar-refractivity contribution >= 4 is 39.3 Å². The van der Waals surface area contributed by atoms with Gasteiger partial charge in [0.25, 0.3) is 0 Å². The van der Waals surface area contributed by atoms with E-state index in [4.69, 9.17) is 9.47 Å². The number of rotatable bonds is 9. The molecule has 9 heteroatoms. The second-order valence-corrected chi connectivity index (χ2v) is 9.14. The highest BCUT2D eigenvalue weighted by atomic mass is 79.9. The number of carbonyl (C=O) groups excluding carboxylic acids is 1. The summed E-state index contributed by atoms with van der Waals surface area (Å²) < 4.78 is 14.1. The Hall–Kier alpha value is -2.52. The molecule has 32 heavy (non-hydrogen) atoms. The minimum atomic E-state index is -0.105. The van der Waals surface area contributed by atoms with Gasteiger partial charge in [-0.3, -0.25) is 4.79 Å². The Balaban J connectivity index is 1.62. The number of halogens is 1. The van der Waals surface area contributed by atoms with E-state index in [0.717, 1.165) is 21.3 Å². The first-order chi connectivity index (χ1) is 15.3. The van der Waals surface area contributed by atoms with Gasteiger partial charge in [-0.1, -0.05) is 17.8 Å². The van der Waals surface area contributed by atoms with Crippen LogP contribution in [-0.2, 0) is 17.9 Å². The fraction of sp³-hybridized carbons (Fsp3) is 0.348. The molecular weight excluding hydrogens is 492 g/mol. The Morgan fingerprint density at radius 3 is 2.59 bits per heavy atom. The standard InChI is InChI=1S/C23H27BrN4O3S/c1-6-28-21(12-31-19-8-7-14(2)9-20(19)30-5)26-27-23(28)32-13-22(29)25-18-11-16(4)15(3)10-17(18)24/h7-11H,6,12-13H2,1-5H3,(H,25,29). The number of benzene rings is 2. The topological polar surface area (TPSA) is 78.3 Å². The van der Waals surface area contributed by atoms with Gasteiger partial charge in [-0.25, -0.2) is 0 Å². The third-order valence-electron chi connectivity index (χ3n) is 4.98. The number of ether oxygens (including phenoxy) is 2. The number of nitrogens with zero attached hydrogens (tertiary/aromatic N) is 3. The number of methoxy groups -OCH3 is 1. The summed E-state index contributed by atoms with van der Waals surface area (Å²) in [6.07, 6.45) is 0. The summed E-state index contributed by atoms with van der Waals surface area (Å²) in [7, 11) is 1.62. The number of hydrogen-bond donors (Lipinski definition) is 1. The molecule has 3 rings (SSSR count). The van der Waals surface area contributed by atoms with Gasteiger partial charge in [0.2, 0.25) is 5.91 Å². The smallest absolute Gasteiger partial charge is 0.234 e. The number of anilines is 1. The first-order valence-corrected chi connectivity index (χ1v) is 12.0. The first kappa shape index (κ1) is 24.1. The second-order valence-electron chi connectivity index (χ2n) is 7.34. The zero-order chi connectivity index (χ0) is 23.3. The van der Waals surface area contributed by atoms with E-state index in [1.54, 1.807) is 7.11 Å². The van der Waals surface area contributed by atoms with Crippen LogP contribution in [0, 0.1) is 20.8 Å². The molecule has 1 amide bonds. The van der Waals surface area contributed by atoms with Gasteiger partial charge in [0.1, 0.15) is 6.61 Å². The van der Waals surface area contributed by atoms with Crippen LogP contribution in [0.2, 0.25) is 0 Å². The molecule has 0 aliphatic rings. The number of aryl methyl sites for hydroxylation is 3. The number of thioether (sulfide) groups is 1. The van der Waals surface area contributed by atoms with Gasteiger partial charge in [0.15, 0.2) is 22.5 Å². The molecule has 0 radical (unpaired) electrons. The second kappa shape index (κ2) is 10.9. The normalized spacial score (nSPS) is 10.8. The fourth-order valence-electron chi connectivity index (χ4n) is 3.08. The van der Waals surface area contributed by atoms with Crippen LogP contribution in [0.1, 0.15) is 29.4 Å². The summed E-state index contributed by atoms with van der Waals surface area (Å²) in [6.45, 7) is 8.99. The van der Waals surface area contributed by atoms with Gasteiger partial charge >= 0.3 is 0 Å². The van der Waals surface area contributed by atoms with Gasteiger partial charge < -0.3 is 19.4 Å². The molecule has 170 valence electrons. The van der Waals surface area contributed by atoms with Crippen molar-refractivity contribution in [1.29, 1.82) is 0 Å². The first-order valence-electron chi connectivity index (χ1n) is 10.2. The number of hydrogen-bond acceptors (Lipinski definition) is 6. The summed E-state index contributed by atoms with van der Waals surface area (Å²) >= 11 is 4.86. The molecule has 0 saturated carbocycles.